The first kappa shape index (κ1) is 15.5. The second-order valence-corrected chi connectivity index (χ2v) is 5.08. The molecule has 19 heavy (non-hydrogen) atoms. The number of carbonyl (C=O) groups excluding carboxylic acids is 1. The number of anilines is 1. The zero-order chi connectivity index (χ0) is 14.3. The predicted octanol–water partition coefficient (Wildman–Crippen LogP) is 3.51. The van der Waals surface area contributed by atoms with Gasteiger partial charge in [0.1, 0.15) is 0 Å². The number of amides is 1. The summed E-state index contributed by atoms with van der Waals surface area (Å²) >= 11 is 0. The molecule has 0 fully saturated rings. The molecule has 0 bridgehead atoms. The number of hydrogen-bond donors (Lipinski definition) is 1. The highest BCUT2D eigenvalue weighted by atomic mass is 16.2. The van der Waals surface area contributed by atoms with E-state index in [-0.39, 0.29) is 5.91 Å². The van der Waals surface area contributed by atoms with Crippen molar-refractivity contribution in [3.8, 4) is 0 Å². The van der Waals surface area contributed by atoms with Gasteiger partial charge in [0.05, 0.1) is 0 Å². The van der Waals surface area contributed by atoms with Gasteiger partial charge in [0, 0.05) is 32.2 Å². The lowest BCUT2D eigenvalue weighted by atomic mass is 10.1. The SMILES string of the molecule is CCC(C)CNc1ccccc1CN(CC)C(C)=O. The molecule has 1 unspecified atom stereocenters. The second kappa shape index (κ2) is 7.82. The molecular weight excluding hydrogens is 236 g/mol. The van der Waals surface area contributed by atoms with Gasteiger partial charge in [0.2, 0.25) is 5.91 Å². The van der Waals surface area contributed by atoms with Crippen LogP contribution in [-0.4, -0.2) is 23.9 Å². The molecule has 0 spiro atoms. The maximum absolute atomic E-state index is 11.5. The van der Waals surface area contributed by atoms with E-state index in [9.17, 15) is 4.79 Å². The minimum Gasteiger partial charge on any atom is -0.385 e. The molecule has 0 aliphatic heterocycles. The van der Waals surface area contributed by atoms with E-state index < -0.39 is 0 Å². The number of para-hydroxylation sites is 1. The summed E-state index contributed by atoms with van der Waals surface area (Å²) in [5.41, 5.74) is 2.32. The van der Waals surface area contributed by atoms with Gasteiger partial charge in [-0.25, -0.2) is 0 Å². The zero-order valence-electron chi connectivity index (χ0n) is 12.6. The molecule has 0 aliphatic carbocycles. The minimum atomic E-state index is 0.124. The quantitative estimate of drug-likeness (QED) is 0.815. The number of benzene rings is 1. The van der Waals surface area contributed by atoms with Crippen LogP contribution in [0.25, 0.3) is 0 Å². The topological polar surface area (TPSA) is 32.3 Å². The highest BCUT2D eigenvalue weighted by Crippen LogP contribution is 2.18. The predicted molar refractivity (Wildman–Crippen MR) is 81.2 cm³/mol. The standard InChI is InChI=1S/C16H26N2O/c1-5-13(3)11-17-16-10-8-7-9-15(16)12-18(6-2)14(4)19/h7-10,13,17H,5-6,11-12H2,1-4H3. The Balaban J connectivity index is 2.74. The Morgan fingerprint density at radius 1 is 1.32 bits per heavy atom. The van der Waals surface area contributed by atoms with Crippen molar-refractivity contribution in [1.29, 1.82) is 0 Å². The fraction of sp³-hybridized carbons (Fsp3) is 0.562. The summed E-state index contributed by atoms with van der Waals surface area (Å²) < 4.78 is 0. The van der Waals surface area contributed by atoms with Crippen LogP contribution in [0.2, 0.25) is 0 Å². The molecule has 1 amide bonds. The Kier molecular flexibility index (Phi) is 6.40. The molecule has 1 N–H and O–H groups in total. The van der Waals surface area contributed by atoms with Crippen molar-refractivity contribution in [1.82, 2.24) is 4.90 Å². The number of carbonyl (C=O) groups is 1. The van der Waals surface area contributed by atoms with Gasteiger partial charge < -0.3 is 10.2 Å². The third kappa shape index (κ3) is 4.93. The van der Waals surface area contributed by atoms with E-state index in [0.717, 1.165) is 18.8 Å². The smallest absolute Gasteiger partial charge is 0.219 e. The molecule has 0 heterocycles. The summed E-state index contributed by atoms with van der Waals surface area (Å²) in [6.45, 7) is 10.5. The van der Waals surface area contributed by atoms with E-state index in [1.165, 1.54) is 12.0 Å². The van der Waals surface area contributed by atoms with Crippen molar-refractivity contribution in [2.24, 2.45) is 5.92 Å². The largest absolute Gasteiger partial charge is 0.385 e. The van der Waals surface area contributed by atoms with Gasteiger partial charge in [0.25, 0.3) is 0 Å². The molecule has 3 heteroatoms. The first-order chi connectivity index (χ1) is 9.08. The Labute approximate surface area is 117 Å². The summed E-state index contributed by atoms with van der Waals surface area (Å²) in [7, 11) is 0. The molecule has 106 valence electrons. The molecule has 3 nitrogen and oxygen atoms in total. The van der Waals surface area contributed by atoms with Crippen LogP contribution in [0.4, 0.5) is 5.69 Å². The fourth-order valence-corrected chi connectivity index (χ4v) is 1.91. The summed E-state index contributed by atoms with van der Waals surface area (Å²) in [6, 6.07) is 8.24. The molecule has 1 rings (SSSR count). The summed E-state index contributed by atoms with van der Waals surface area (Å²) in [4.78, 5) is 13.4. The van der Waals surface area contributed by atoms with Gasteiger partial charge in [-0.05, 0) is 24.5 Å². The number of nitrogens with zero attached hydrogens (tertiary/aromatic N) is 1. The lowest BCUT2D eigenvalue weighted by Crippen LogP contribution is -2.28. The zero-order valence-corrected chi connectivity index (χ0v) is 12.6. The molecule has 0 aliphatic rings. The molecular formula is C16H26N2O. The number of hydrogen-bond acceptors (Lipinski definition) is 2. The Morgan fingerprint density at radius 2 is 2.00 bits per heavy atom. The fourth-order valence-electron chi connectivity index (χ4n) is 1.91. The summed E-state index contributed by atoms with van der Waals surface area (Å²) in [5, 5.41) is 3.49. The summed E-state index contributed by atoms with van der Waals surface area (Å²) in [5.74, 6) is 0.780. The van der Waals surface area contributed by atoms with Crippen LogP contribution >= 0.6 is 0 Å². The first-order valence-corrected chi connectivity index (χ1v) is 7.15. The first-order valence-electron chi connectivity index (χ1n) is 7.15. The minimum absolute atomic E-state index is 0.124. The van der Waals surface area contributed by atoms with Gasteiger partial charge in [0.15, 0.2) is 0 Å². The van der Waals surface area contributed by atoms with Crippen LogP contribution < -0.4 is 5.32 Å². The normalized spacial score (nSPS) is 12.0. The van der Waals surface area contributed by atoms with Gasteiger partial charge in [-0.2, -0.15) is 0 Å². The molecule has 1 atom stereocenters. The second-order valence-electron chi connectivity index (χ2n) is 5.08. The van der Waals surface area contributed by atoms with Gasteiger partial charge in [-0.15, -0.1) is 0 Å². The van der Waals surface area contributed by atoms with Crippen molar-refractivity contribution in [2.45, 2.75) is 40.7 Å². The number of nitrogens with one attached hydrogen (secondary N) is 1. The van der Waals surface area contributed by atoms with E-state index in [1.807, 2.05) is 24.0 Å². The van der Waals surface area contributed by atoms with Crippen LogP contribution in [-0.2, 0) is 11.3 Å². The van der Waals surface area contributed by atoms with Gasteiger partial charge >= 0.3 is 0 Å². The van der Waals surface area contributed by atoms with Crippen LogP contribution in [0.5, 0.6) is 0 Å². The summed E-state index contributed by atoms with van der Waals surface area (Å²) in [6.07, 6.45) is 1.17. The van der Waals surface area contributed by atoms with E-state index in [2.05, 4.69) is 31.3 Å². The Hall–Kier alpha value is -1.51. The molecule has 1 aromatic carbocycles. The van der Waals surface area contributed by atoms with Crippen molar-refractivity contribution in [3.63, 3.8) is 0 Å². The van der Waals surface area contributed by atoms with E-state index >= 15 is 0 Å². The maximum Gasteiger partial charge on any atom is 0.219 e. The molecule has 0 saturated carbocycles. The third-order valence-corrected chi connectivity index (χ3v) is 3.54. The Bertz CT molecular complexity index is 403. The molecule has 0 saturated heterocycles. The van der Waals surface area contributed by atoms with Crippen LogP contribution in [0.1, 0.15) is 39.7 Å². The van der Waals surface area contributed by atoms with E-state index in [0.29, 0.717) is 12.5 Å². The third-order valence-electron chi connectivity index (χ3n) is 3.54. The lowest BCUT2D eigenvalue weighted by Gasteiger charge is -2.22. The van der Waals surface area contributed by atoms with Gasteiger partial charge in [-0.3, -0.25) is 4.79 Å². The van der Waals surface area contributed by atoms with Crippen molar-refractivity contribution < 1.29 is 4.79 Å². The van der Waals surface area contributed by atoms with E-state index in [1.54, 1.807) is 6.92 Å². The maximum atomic E-state index is 11.5. The highest BCUT2D eigenvalue weighted by Gasteiger charge is 2.10. The van der Waals surface area contributed by atoms with Gasteiger partial charge in [-0.1, -0.05) is 38.5 Å². The van der Waals surface area contributed by atoms with Crippen LogP contribution in [0.3, 0.4) is 0 Å². The monoisotopic (exact) mass is 262 g/mol. The Morgan fingerprint density at radius 3 is 2.58 bits per heavy atom. The lowest BCUT2D eigenvalue weighted by molar-refractivity contribution is -0.129. The van der Waals surface area contributed by atoms with Crippen LogP contribution in [0.15, 0.2) is 24.3 Å². The highest BCUT2D eigenvalue weighted by molar-refractivity contribution is 5.73. The number of rotatable bonds is 7. The van der Waals surface area contributed by atoms with Crippen LogP contribution in [0, 0.1) is 5.92 Å². The molecule has 0 radical (unpaired) electrons. The van der Waals surface area contributed by atoms with Crippen molar-refractivity contribution in [2.75, 3.05) is 18.4 Å². The molecule has 1 aromatic rings. The average molecular weight is 262 g/mol. The average Bonchev–Trinajstić information content (AvgIpc) is 2.42. The van der Waals surface area contributed by atoms with E-state index in [4.69, 9.17) is 0 Å². The van der Waals surface area contributed by atoms with Crippen molar-refractivity contribution >= 4 is 11.6 Å². The van der Waals surface area contributed by atoms with Crippen molar-refractivity contribution in [3.05, 3.63) is 29.8 Å². The molecule has 0 aromatic heterocycles.